The molecule has 0 aliphatic carbocycles. The monoisotopic (exact) mass is 276 g/mol. The zero-order chi connectivity index (χ0) is 14.9. The van der Waals surface area contributed by atoms with Gasteiger partial charge in [0, 0.05) is 0 Å². The molecule has 2 rings (SSSR count). The molecule has 20 heavy (non-hydrogen) atoms. The molecule has 1 aromatic carbocycles. The molecule has 0 amide bonds. The van der Waals surface area contributed by atoms with Gasteiger partial charge in [0.1, 0.15) is 11.1 Å². The van der Waals surface area contributed by atoms with Gasteiger partial charge in [0.25, 0.3) is 0 Å². The average Bonchev–Trinajstić information content (AvgIpc) is 2.78. The lowest BCUT2D eigenvalue weighted by Crippen LogP contribution is -2.33. The van der Waals surface area contributed by atoms with Crippen molar-refractivity contribution < 1.29 is 13.9 Å². The molecule has 0 aliphatic heterocycles. The molecule has 108 valence electrons. The first-order chi connectivity index (χ1) is 9.28. The van der Waals surface area contributed by atoms with Gasteiger partial charge in [-0.15, -0.1) is 0 Å². The van der Waals surface area contributed by atoms with Crippen LogP contribution in [0.4, 0.5) is 0 Å². The Hall–Kier alpha value is -1.88. The minimum absolute atomic E-state index is 0.351. The molecule has 0 fully saturated rings. The first kappa shape index (κ1) is 14.5. The van der Waals surface area contributed by atoms with Crippen molar-refractivity contribution in [1.82, 2.24) is 4.98 Å². The number of hydrogen-bond acceptors (Lipinski definition) is 5. The van der Waals surface area contributed by atoms with Gasteiger partial charge in [-0.1, -0.05) is 12.1 Å². The van der Waals surface area contributed by atoms with E-state index in [0.717, 1.165) is 5.52 Å². The van der Waals surface area contributed by atoms with Crippen LogP contribution in [0.25, 0.3) is 11.1 Å². The maximum absolute atomic E-state index is 12.0. The highest BCUT2D eigenvalue weighted by atomic mass is 16.6. The number of aromatic nitrogens is 1. The van der Waals surface area contributed by atoms with Crippen LogP contribution in [0.5, 0.6) is 0 Å². The quantitative estimate of drug-likeness (QED) is 0.872. The SMILES string of the molecule is C[C@H](C(=O)OC(C)(C)C)C(N)c1nc2ccccc2o1. The van der Waals surface area contributed by atoms with E-state index in [0.29, 0.717) is 11.5 Å². The molecule has 0 aliphatic rings. The molecular formula is C15H20N2O3. The first-order valence-electron chi connectivity index (χ1n) is 6.62. The summed E-state index contributed by atoms with van der Waals surface area (Å²) in [6.45, 7) is 7.18. The zero-order valence-electron chi connectivity index (χ0n) is 12.2. The van der Waals surface area contributed by atoms with Crippen LogP contribution in [0.1, 0.15) is 39.6 Å². The molecular weight excluding hydrogens is 256 g/mol. The molecule has 1 unspecified atom stereocenters. The summed E-state index contributed by atoms with van der Waals surface area (Å²) in [5.41, 5.74) is 6.92. The molecule has 1 heterocycles. The van der Waals surface area contributed by atoms with Gasteiger partial charge in [-0.3, -0.25) is 4.79 Å². The van der Waals surface area contributed by atoms with E-state index in [1.807, 2.05) is 45.0 Å². The van der Waals surface area contributed by atoms with Crippen LogP contribution in [0.15, 0.2) is 28.7 Å². The summed E-state index contributed by atoms with van der Waals surface area (Å²) < 4.78 is 10.9. The molecule has 0 radical (unpaired) electrons. The smallest absolute Gasteiger partial charge is 0.311 e. The number of carbonyl (C=O) groups excluding carboxylic acids is 1. The number of carbonyl (C=O) groups is 1. The molecule has 2 aromatic rings. The lowest BCUT2D eigenvalue weighted by molar-refractivity contribution is -0.160. The van der Waals surface area contributed by atoms with E-state index in [4.69, 9.17) is 14.9 Å². The van der Waals surface area contributed by atoms with E-state index >= 15 is 0 Å². The number of fused-ring (bicyclic) bond motifs is 1. The molecule has 0 bridgehead atoms. The highest BCUT2D eigenvalue weighted by Gasteiger charge is 2.30. The Morgan fingerprint density at radius 1 is 1.35 bits per heavy atom. The molecule has 0 saturated carbocycles. The average molecular weight is 276 g/mol. The topological polar surface area (TPSA) is 78.4 Å². The van der Waals surface area contributed by atoms with Crippen LogP contribution in [0.2, 0.25) is 0 Å². The largest absolute Gasteiger partial charge is 0.460 e. The van der Waals surface area contributed by atoms with Gasteiger partial charge < -0.3 is 14.9 Å². The van der Waals surface area contributed by atoms with Crippen LogP contribution in [-0.4, -0.2) is 16.6 Å². The number of rotatable bonds is 3. The molecule has 2 atom stereocenters. The molecule has 5 nitrogen and oxygen atoms in total. The van der Waals surface area contributed by atoms with Crippen molar-refractivity contribution in [2.75, 3.05) is 0 Å². The van der Waals surface area contributed by atoms with Crippen LogP contribution < -0.4 is 5.73 Å². The Bertz CT molecular complexity index is 580. The molecule has 2 N–H and O–H groups in total. The Kier molecular flexibility index (Phi) is 3.81. The normalized spacial score (nSPS) is 15.1. The minimum Gasteiger partial charge on any atom is -0.460 e. The number of nitrogens with zero attached hydrogens (tertiary/aromatic N) is 1. The molecule has 0 spiro atoms. The second kappa shape index (κ2) is 5.25. The van der Waals surface area contributed by atoms with Gasteiger partial charge in [-0.2, -0.15) is 0 Å². The van der Waals surface area contributed by atoms with Crippen molar-refractivity contribution in [3.8, 4) is 0 Å². The third-order valence-corrected chi connectivity index (χ3v) is 2.91. The fourth-order valence-electron chi connectivity index (χ4n) is 1.79. The Morgan fingerprint density at radius 2 is 2.00 bits per heavy atom. The van der Waals surface area contributed by atoms with Gasteiger partial charge in [0.05, 0.1) is 12.0 Å². The van der Waals surface area contributed by atoms with E-state index in [9.17, 15) is 4.79 Å². The van der Waals surface area contributed by atoms with E-state index in [2.05, 4.69) is 4.98 Å². The highest BCUT2D eigenvalue weighted by Crippen LogP contribution is 2.25. The second-order valence-electron chi connectivity index (χ2n) is 5.87. The van der Waals surface area contributed by atoms with E-state index in [1.54, 1.807) is 6.92 Å². The van der Waals surface area contributed by atoms with Crippen LogP contribution in [0.3, 0.4) is 0 Å². The van der Waals surface area contributed by atoms with Crippen molar-refractivity contribution in [3.63, 3.8) is 0 Å². The van der Waals surface area contributed by atoms with Gasteiger partial charge in [0.2, 0.25) is 5.89 Å². The van der Waals surface area contributed by atoms with Crippen LogP contribution in [0, 0.1) is 5.92 Å². The van der Waals surface area contributed by atoms with Gasteiger partial charge >= 0.3 is 5.97 Å². The number of para-hydroxylation sites is 2. The summed E-state index contributed by atoms with van der Waals surface area (Å²) in [6, 6.07) is 6.76. The zero-order valence-corrected chi connectivity index (χ0v) is 12.2. The number of oxazole rings is 1. The van der Waals surface area contributed by atoms with Gasteiger partial charge in [-0.05, 0) is 39.8 Å². The highest BCUT2D eigenvalue weighted by molar-refractivity contribution is 5.74. The molecule has 1 aromatic heterocycles. The summed E-state index contributed by atoms with van der Waals surface area (Å²) in [7, 11) is 0. The lowest BCUT2D eigenvalue weighted by Gasteiger charge is -2.23. The van der Waals surface area contributed by atoms with Crippen molar-refractivity contribution in [2.45, 2.75) is 39.3 Å². The standard InChI is InChI=1S/C15H20N2O3/c1-9(14(18)20-15(2,3)4)12(16)13-17-10-7-5-6-8-11(10)19-13/h5-9,12H,16H2,1-4H3/t9-,12?/m0/s1. The van der Waals surface area contributed by atoms with Crippen molar-refractivity contribution in [1.29, 1.82) is 0 Å². The fourth-order valence-corrected chi connectivity index (χ4v) is 1.79. The number of benzene rings is 1. The number of esters is 1. The Morgan fingerprint density at radius 3 is 2.60 bits per heavy atom. The minimum atomic E-state index is -0.628. The number of hydrogen-bond donors (Lipinski definition) is 1. The maximum atomic E-state index is 12.0. The Labute approximate surface area is 118 Å². The maximum Gasteiger partial charge on any atom is 0.311 e. The van der Waals surface area contributed by atoms with Crippen molar-refractivity contribution >= 4 is 17.1 Å². The van der Waals surface area contributed by atoms with E-state index in [-0.39, 0.29) is 5.97 Å². The first-order valence-corrected chi connectivity index (χ1v) is 6.62. The van der Waals surface area contributed by atoms with Crippen molar-refractivity contribution in [2.24, 2.45) is 11.7 Å². The van der Waals surface area contributed by atoms with Crippen LogP contribution in [-0.2, 0) is 9.53 Å². The molecule has 5 heteroatoms. The van der Waals surface area contributed by atoms with Crippen LogP contribution >= 0.6 is 0 Å². The fraction of sp³-hybridized carbons (Fsp3) is 0.467. The summed E-state index contributed by atoms with van der Waals surface area (Å²) in [6.07, 6.45) is 0. The lowest BCUT2D eigenvalue weighted by atomic mass is 10.0. The van der Waals surface area contributed by atoms with Gasteiger partial charge in [-0.25, -0.2) is 4.98 Å². The number of nitrogens with two attached hydrogens (primary N) is 1. The van der Waals surface area contributed by atoms with E-state index < -0.39 is 17.6 Å². The Balaban J connectivity index is 2.17. The summed E-state index contributed by atoms with van der Waals surface area (Å²) >= 11 is 0. The van der Waals surface area contributed by atoms with Crippen molar-refractivity contribution in [3.05, 3.63) is 30.2 Å². The summed E-state index contributed by atoms with van der Waals surface area (Å²) in [5.74, 6) is -0.529. The third kappa shape index (κ3) is 3.17. The summed E-state index contributed by atoms with van der Waals surface area (Å²) in [4.78, 5) is 16.3. The van der Waals surface area contributed by atoms with E-state index in [1.165, 1.54) is 0 Å². The number of ether oxygens (including phenoxy) is 1. The van der Waals surface area contributed by atoms with Gasteiger partial charge in [0.15, 0.2) is 5.58 Å². The summed E-state index contributed by atoms with van der Waals surface area (Å²) in [5, 5.41) is 0. The third-order valence-electron chi connectivity index (χ3n) is 2.91. The molecule has 0 saturated heterocycles. The predicted molar refractivity (Wildman–Crippen MR) is 75.9 cm³/mol. The second-order valence-corrected chi connectivity index (χ2v) is 5.87. The predicted octanol–water partition coefficient (Wildman–Crippen LogP) is 2.81.